The Labute approximate surface area is 177 Å². The molecule has 1 saturated heterocycles. The van der Waals surface area contributed by atoms with Crippen LogP contribution in [0.15, 0.2) is 53.1 Å². The summed E-state index contributed by atoms with van der Waals surface area (Å²) >= 11 is 1.24. The molecule has 0 bridgehead atoms. The molecule has 6 nitrogen and oxygen atoms in total. The number of nitriles is 1. The Balaban J connectivity index is 1.80. The first-order chi connectivity index (χ1) is 14.4. The maximum absolute atomic E-state index is 13.7. The molecule has 2 aliphatic rings. The fraction of sp³-hybridized carbons (Fsp3) is 0.273. The number of halogens is 1. The van der Waals surface area contributed by atoms with Crippen LogP contribution in [0, 0.1) is 17.1 Å². The summed E-state index contributed by atoms with van der Waals surface area (Å²) in [4.78, 5) is 14.4. The van der Waals surface area contributed by atoms with Crippen molar-refractivity contribution >= 4 is 17.7 Å². The van der Waals surface area contributed by atoms with Crippen molar-refractivity contribution in [2.75, 3.05) is 20.0 Å². The van der Waals surface area contributed by atoms with Crippen LogP contribution in [0.2, 0.25) is 0 Å². The van der Waals surface area contributed by atoms with Gasteiger partial charge in [0.15, 0.2) is 17.2 Å². The number of carbonyl (C=O) groups excluding carboxylic acids is 1. The number of allylic oxidation sites excluding steroid dienone is 1. The topological polar surface area (TPSA) is 82.8 Å². The number of fused-ring (bicyclic) bond motifs is 1. The van der Waals surface area contributed by atoms with Crippen LogP contribution in [-0.2, 0) is 10.5 Å². The Morgan fingerprint density at radius 3 is 2.67 bits per heavy atom. The molecule has 2 aliphatic heterocycles. The number of nitrogens with zero attached hydrogens (tertiary/aromatic N) is 2. The van der Waals surface area contributed by atoms with Crippen LogP contribution in [0.25, 0.3) is 0 Å². The van der Waals surface area contributed by atoms with E-state index in [1.807, 2.05) is 0 Å². The van der Waals surface area contributed by atoms with Crippen molar-refractivity contribution in [3.05, 3.63) is 70.0 Å². The lowest BCUT2D eigenvalue weighted by Crippen LogP contribution is -2.48. The largest absolute Gasteiger partial charge is 0.493 e. The molecule has 0 spiro atoms. The maximum atomic E-state index is 13.7. The quantitative estimate of drug-likeness (QED) is 0.806. The number of ether oxygens (including phenoxy) is 2. The van der Waals surface area contributed by atoms with E-state index in [0.29, 0.717) is 33.2 Å². The fourth-order valence-corrected chi connectivity index (χ4v) is 5.29. The van der Waals surface area contributed by atoms with Crippen molar-refractivity contribution in [1.82, 2.24) is 4.90 Å². The van der Waals surface area contributed by atoms with Gasteiger partial charge in [-0.2, -0.15) is 5.26 Å². The second-order valence-electron chi connectivity index (χ2n) is 7.05. The summed E-state index contributed by atoms with van der Waals surface area (Å²) in [5.74, 6) is -0.227. The summed E-state index contributed by atoms with van der Waals surface area (Å²) in [6.07, 6.45) is -0.0357. The van der Waals surface area contributed by atoms with E-state index in [0.717, 1.165) is 0 Å². The van der Waals surface area contributed by atoms with Crippen molar-refractivity contribution in [1.29, 1.82) is 5.26 Å². The predicted molar refractivity (Wildman–Crippen MR) is 109 cm³/mol. The second-order valence-corrected chi connectivity index (χ2v) is 8.01. The Hall–Kier alpha value is -3.02. The van der Waals surface area contributed by atoms with E-state index < -0.39 is 17.5 Å². The zero-order valence-corrected chi connectivity index (χ0v) is 17.2. The summed E-state index contributed by atoms with van der Waals surface area (Å²) in [6.45, 7) is 0. The average molecular weight is 426 g/mol. The summed E-state index contributed by atoms with van der Waals surface area (Å²) < 4.78 is 24.3. The molecule has 154 valence electrons. The third-order valence-corrected chi connectivity index (χ3v) is 6.63. The van der Waals surface area contributed by atoms with Gasteiger partial charge < -0.3 is 14.6 Å². The van der Waals surface area contributed by atoms with Gasteiger partial charge >= 0.3 is 0 Å². The molecule has 2 atom stereocenters. The van der Waals surface area contributed by atoms with Crippen LogP contribution in [0.5, 0.6) is 11.5 Å². The van der Waals surface area contributed by atoms with Crippen molar-refractivity contribution in [3.63, 3.8) is 0 Å². The van der Waals surface area contributed by atoms with Gasteiger partial charge in [0.05, 0.1) is 36.6 Å². The van der Waals surface area contributed by atoms with Crippen molar-refractivity contribution < 1.29 is 23.8 Å². The third kappa shape index (κ3) is 3.11. The number of benzene rings is 2. The molecule has 0 unspecified atom stereocenters. The van der Waals surface area contributed by atoms with Gasteiger partial charge in [-0.3, -0.25) is 9.69 Å². The van der Waals surface area contributed by atoms with Crippen molar-refractivity contribution in [2.24, 2.45) is 0 Å². The molecule has 0 aromatic heterocycles. The van der Waals surface area contributed by atoms with E-state index in [4.69, 9.17) is 9.47 Å². The van der Waals surface area contributed by atoms with E-state index in [1.54, 1.807) is 30.3 Å². The Morgan fingerprint density at radius 2 is 2.00 bits per heavy atom. The lowest BCUT2D eigenvalue weighted by Gasteiger charge is -2.38. The zero-order chi connectivity index (χ0) is 21.5. The fourth-order valence-electron chi connectivity index (χ4n) is 3.93. The molecule has 1 amide bonds. The Kier molecular flexibility index (Phi) is 5.18. The molecule has 2 heterocycles. The number of amides is 1. The van der Waals surface area contributed by atoms with Crippen LogP contribution in [0.1, 0.15) is 23.5 Å². The highest BCUT2D eigenvalue weighted by molar-refractivity contribution is 8.03. The molecule has 2 aromatic carbocycles. The standard InChI is InChI=1S/C22H19FN2O4S/c1-28-18-7-6-14(9-19(18)29-2)22(27)12-30-21-17(11-24)16(10-20(26)25(21)22)13-4-3-5-15(23)8-13/h3-9,16,27H,10,12H2,1-2H3/t16-,22-/m0/s1. The highest BCUT2D eigenvalue weighted by atomic mass is 32.2. The van der Waals surface area contributed by atoms with Crippen LogP contribution < -0.4 is 9.47 Å². The molecule has 0 saturated carbocycles. The molecular formula is C22H19FN2O4S. The van der Waals surface area contributed by atoms with Gasteiger partial charge in [-0.05, 0) is 29.8 Å². The number of carbonyl (C=O) groups is 1. The normalized spacial score (nSPS) is 23.2. The van der Waals surface area contributed by atoms with Crippen LogP contribution in [-0.4, -0.2) is 35.9 Å². The Morgan fingerprint density at radius 1 is 1.23 bits per heavy atom. The monoisotopic (exact) mass is 426 g/mol. The van der Waals surface area contributed by atoms with Crippen molar-refractivity contribution in [3.8, 4) is 17.6 Å². The first kappa shape index (κ1) is 20.3. The lowest BCUT2D eigenvalue weighted by atomic mass is 9.85. The molecule has 2 aromatic rings. The number of hydrogen-bond acceptors (Lipinski definition) is 6. The van der Waals surface area contributed by atoms with Crippen molar-refractivity contribution in [2.45, 2.75) is 18.1 Å². The molecule has 8 heteroatoms. The summed E-state index contributed by atoms with van der Waals surface area (Å²) in [6, 6.07) is 13.1. The van der Waals surface area contributed by atoms with Crippen LogP contribution in [0.3, 0.4) is 0 Å². The number of methoxy groups -OCH3 is 2. The number of rotatable bonds is 4. The average Bonchev–Trinajstić information content (AvgIpc) is 3.12. The minimum Gasteiger partial charge on any atom is -0.493 e. The second kappa shape index (κ2) is 7.67. The third-order valence-electron chi connectivity index (χ3n) is 5.41. The minimum absolute atomic E-state index is 0.0357. The van der Waals surface area contributed by atoms with Crippen LogP contribution in [0.4, 0.5) is 4.39 Å². The summed E-state index contributed by atoms with van der Waals surface area (Å²) in [7, 11) is 3.00. The molecule has 30 heavy (non-hydrogen) atoms. The number of thioether (sulfide) groups is 1. The first-order valence-corrected chi connectivity index (χ1v) is 10.2. The molecule has 1 N–H and O–H groups in total. The van der Waals surface area contributed by atoms with Gasteiger partial charge in [-0.25, -0.2) is 4.39 Å². The molecule has 0 radical (unpaired) electrons. The Bertz CT molecular complexity index is 1100. The van der Waals surface area contributed by atoms with E-state index in [9.17, 15) is 19.6 Å². The SMILES string of the molecule is COc1ccc([C@@]2(O)CSC3=C(C#N)[C@H](c4cccc(F)c4)CC(=O)N32)cc1OC. The van der Waals surface area contributed by atoms with Gasteiger partial charge in [-0.15, -0.1) is 11.8 Å². The molecular weight excluding hydrogens is 407 g/mol. The maximum Gasteiger partial charge on any atom is 0.231 e. The predicted octanol–water partition coefficient (Wildman–Crippen LogP) is 3.49. The lowest BCUT2D eigenvalue weighted by molar-refractivity contribution is -0.149. The molecule has 4 rings (SSSR count). The molecule has 1 fully saturated rings. The van der Waals surface area contributed by atoms with E-state index in [-0.39, 0.29) is 18.1 Å². The first-order valence-electron chi connectivity index (χ1n) is 9.23. The smallest absolute Gasteiger partial charge is 0.231 e. The van der Waals surface area contributed by atoms with Crippen LogP contribution >= 0.6 is 11.8 Å². The zero-order valence-electron chi connectivity index (χ0n) is 16.4. The van der Waals surface area contributed by atoms with E-state index in [1.165, 1.54) is 43.0 Å². The number of aliphatic hydroxyl groups is 1. The van der Waals surface area contributed by atoms with Gasteiger partial charge in [0, 0.05) is 17.9 Å². The summed E-state index contributed by atoms with van der Waals surface area (Å²) in [5, 5.41) is 21.8. The van der Waals surface area contributed by atoms with Gasteiger partial charge in [0.2, 0.25) is 5.91 Å². The van der Waals surface area contributed by atoms with E-state index >= 15 is 0 Å². The van der Waals surface area contributed by atoms with Gasteiger partial charge in [0.1, 0.15) is 5.82 Å². The van der Waals surface area contributed by atoms with Gasteiger partial charge in [-0.1, -0.05) is 18.2 Å². The van der Waals surface area contributed by atoms with Gasteiger partial charge in [0.25, 0.3) is 0 Å². The number of hydrogen-bond donors (Lipinski definition) is 1. The van der Waals surface area contributed by atoms with E-state index in [2.05, 4.69) is 6.07 Å². The molecule has 0 aliphatic carbocycles. The highest BCUT2D eigenvalue weighted by Gasteiger charge is 2.52. The minimum atomic E-state index is -1.63. The summed E-state index contributed by atoms with van der Waals surface area (Å²) in [5.41, 5.74) is -0.264. The highest BCUT2D eigenvalue weighted by Crippen LogP contribution is 2.52.